The van der Waals surface area contributed by atoms with Crippen molar-refractivity contribution in [2.24, 2.45) is 5.73 Å². The average Bonchev–Trinajstić information content (AvgIpc) is 2.72. The van der Waals surface area contributed by atoms with Crippen LogP contribution in [0.5, 0.6) is 0 Å². The van der Waals surface area contributed by atoms with Crippen LogP contribution in [0.4, 0.5) is 0 Å². The summed E-state index contributed by atoms with van der Waals surface area (Å²) in [6, 6.07) is 6.13. The van der Waals surface area contributed by atoms with E-state index in [1.165, 1.54) is 5.56 Å². The van der Waals surface area contributed by atoms with Gasteiger partial charge in [-0.25, -0.2) is 4.98 Å². The van der Waals surface area contributed by atoms with Gasteiger partial charge in [0, 0.05) is 18.8 Å². The van der Waals surface area contributed by atoms with Crippen LogP contribution >= 0.6 is 11.6 Å². The third kappa shape index (κ3) is 3.49. The zero-order chi connectivity index (χ0) is 14.5. The van der Waals surface area contributed by atoms with E-state index in [0.29, 0.717) is 25.5 Å². The van der Waals surface area contributed by atoms with Crippen molar-refractivity contribution in [1.82, 2.24) is 9.55 Å². The molecule has 0 saturated heterocycles. The lowest BCUT2D eigenvalue weighted by Crippen LogP contribution is -2.20. The largest absolute Gasteiger partial charge is 0.370 e. The van der Waals surface area contributed by atoms with Crippen LogP contribution in [-0.2, 0) is 22.5 Å². The molecule has 0 aliphatic carbocycles. The van der Waals surface area contributed by atoms with E-state index in [-0.39, 0.29) is 6.61 Å². The summed E-state index contributed by atoms with van der Waals surface area (Å²) in [4.78, 5) is 15.2. The first-order valence-corrected chi connectivity index (χ1v) is 7.03. The van der Waals surface area contributed by atoms with Crippen molar-refractivity contribution in [2.45, 2.75) is 19.9 Å². The standard InChI is InChI=1S/C14H18ClN3O2/c1-10-2-3-11-12(8-10)18(14(17-11)4-5-15)6-7-20-9-13(16)19/h2-3,8H,4-7,9H2,1H3,(H2,16,19). The Bertz CT molecular complexity index is 610. The Morgan fingerprint density at radius 3 is 3.00 bits per heavy atom. The Labute approximate surface area is 122 Å². The normalized spacial score (nSPS) is 11.1. The fourth-order valence-electron chi connectivity index (χ4n) is 2.14. The molecule has 2 aromatic rings. The molecule has 6 heteroatoms. The number of primary amides is 1. The van der Waals surface area contributed by atoms with Crippen LogP contribution in [0.25, 0.3) is 11.0 Å². The van der Waals surface area contributed by atoms with Crippen LogP contribution in [-0.4, -0.2) is 34.6 Å². The molecular weight excluding hydrogens is 278 g/mol. The topological polar surface area (TPSA) is 70.1 Å². The number of hydrogen-bond acceptors (Lipinski definition) is 3. The number of carbonyl (C=O) groups excluding carboxylic acids is 1. The zero-order valence-corrected chi connectivity index (χ0v) is 12.2. The van der Waals surface area contributed by atoms with Crippen molar-refractivity contribution in [3.05, 3.63) is 29.6 Å². The molecule has 0 saturated carbocycles. The van der Waals surface area contributed by atoms with E-state index in [0.717, 1.165) is 16.9 Å². The van der Waals surface area contributed by atoms with Gasteiger partial charge in [0.25, 0.3) is 0 Å². The van der Waals surface area contributed by atoms with Gasteiger partial charge in [-0.2, -0.15) is 0 Å². The Hall–Kier alpha value is -1.59. The van der Waals surface area contributed by atoms with Crippen molar-refractivity contribution < 1.29 is 9.53 Å². The summed E-state index contributed by atoms with van der Waals surface area (Å²) in [5.74, 6) is 0.991. The number of carbonyl (C=O) groups is 1. The molecule has 1 aromatic carbocycles. The number of aryl methyl sites for hydroxylation is 2. The van der Waals surface area contributed by atoms with Crippen molar-refractivity contribution >= 4 is 28.5 Å². The van der Waals surface area contributed by atoms with E-state index >= 15 is 0 Å². The van der Waals surface area contributed by atoms with Gasteiger partial charge in [-0.15, -0.1) is 11.6 Å². The maximum Gasteiger partial charge on any atom is 0.243 e. The molecule has 0 aliphatic heterocycles. The predicted octanol–water partition coefficient (Wildman–Crippen LogP) is 1.63. The number of ether oxygens (including phenoxy) is 1. The quantitative estimate of drug-likeness (QED) is 0.623. The summed E-state index contributed by atoms with van der Waals surface area (Å²) < 4.78 is 7.31. The number of rotatable bonds is 7. The highest BCUT2D eigenvalue weighted by molar-refractivity contribution is 6.17. The maximum atomic E-state index is 10.6. The zero-order valence-electron chi connectivity index (χ0n) is 11.4. The number of aromatic nitrogens is 2. The first-order chi connectivity index (χ1) is 9.61. The molecular formula is C14H18ClN3O2. The van der Waals surface area contributed by atoms with Crippen molar-refractivity contribution in [2.75, 3.05) is 19.1 Å². The van der Waals surface area contributed by atoms with Crippen LogP contribution in [0.2, 0.25) is 0 Å². The van der Waals surface area contributed by atoms with E-state index in [2.05, 4.69) is 15.6 Å². The monoisotopic (exact) mass is 295 g/mol. The van der Waals surface area contributed by atoms with Gasteiger partial charge in [-0.3, -0.25) is 4.79 Å². The van der Waals surface area contributed by atoms with Gasteiger partial charge < -0.3 is 15.0 Å². The summed E-state index contributed by atoms with van der Waals surface area (Å²) >= 11 is 5.82. The van der Waals surface area contributed by atoms with Gasteiger partial charge >= 0.3 is 0 Å². The number of nitrogens with two attached hydrogens (primary N) is 1. The minimum atomic E-state index is -0.461. The fraction of sp³-hybridized carbons (Fsp3) is 0.429. The first-order valence-electron chi connectivity index (χ1n) is 6.49. The van der Waals surface area contributed by atoms with Crippen LogP contribution < -0.4 is 5.73 Å². The highest BCUT2D eigenvalue weighted by atomic mass is 35.5. The first kappa shape index (κ1) is 14.8. The Kier molecular flexibility index (Phi) is 4.98. The van der Waals surface area contributed by atoms with E-state index in [9.17, 15) is 4.79 Å². The van der Waals surface area contributed by atoms with Crippen molar-refractivity contribution in [3.8, 4) is 0 Å². The summed E-state index contributed by atoms with van der Waals surface area (Å²) in [6.45, 7) is 3.02. The minimum Gasteiger partial charge on any atom is -0.370 e. The third-order valence-electron chi connectivity index (χ3n) is 3.00. The van der Waals surface area contributed by atoms with E-state index in [4.69, 9.17) is 22.1 Å². The highest BCUT2D eigenvalue weighted by Gasteiger charge is 2.10. The maximum absolute atomic E-state index is 10.6. The lowest BCUT2D eigenvalue weighted by molar-refractivity contribution is -0.122. The molecule has 0 bridgehead atoms. The van der Waals surface area contributed by atoms with E-state index < -0.39 is 5.91 Å². The van der Waals surface area contributed by atoms with E-state index in [1.54, 1.807) is 0 Å². The van der Waals surface area contributed by atoms with Gasteiger partial charge in [0.15, 0.2) is 0 Å². The van der Waals surface area contributed by atoms with Crippen LogP contribution in [0.15, 0.2) is 18.2 Å². The Morgan fingerprint density at radius 2 is 2.30 bits per heavy atom. The number of nitrogens with zero attached hydrogens (tertiary/aromatic N) is 2. The van der Waals surface area contributed by atoms with Crippen molar-refractivity contribution in [3.63, 3.8) is 0 Å². The number of hydrogen-bond donors (Lipinski definition) is 1. The second-order valence-electron chi connectivity index (χ2n) is 4.63. The minimum absolute atomic E-state index is 0.0590. The van der Waals surface area contributed by atoms with Gasteiger partial charge in [-0.1, -0.05) is 6.07 Å². The van der Waals surface area contributed by atoms with Crippen molar-refractivity contribution in [1.29, 1.82) is 0 Å². The fourth-order valence-corrected chi connectivity index (χ4v) is 2.31. The van der Waals surface area contributed by atoms with Crippen LogP contribution in [0.1, 0.15) is 11.4 Å². The Morgan fingerprint density at radius 1 is 1.50 bits per heavy atom. The Balaban J connectivity index is 2.21. The molecule has 108 valence electrons. The molecule has 0 atom stereocenters. The number of benzene rings is 1. The molecule has 1 amide bonds. The predicted molar refractivity (Wildman–Crippen MR) is 78.9 cm³/mol. The number of amides is 1. The summed E-state index contributed by atoms with van der Waals surface area (Å²) in [7, 11) is 0. The molecule has 5 nitrogen and oxygen atoms in total. The van der Waals surface area contributed by atoms with Crippen LogP contribution in [0, 0.1) is 6.92 Å². The molecule has 0 radical (unpaired) electrons. The smallest absolute Gasteiger partial charge is 0.243 e. The average molecular weight is 296 g/mol. The summed E-state index contributed by atoms with van der Waals surface area (Å²) in [6.07, 6.45) is 0.700. The molecule has 0 spiro atoms. The molecule has 20 heavy (non-hydrogen) atoms. The molecule has 2 rings (SSSR count). The lowest BCUT2D eigenvalue weighted by Gasteiger charge is -2.09. The summed E-state index contributed by atoms with van der Waals surface area (Å²) in [5.41, 5.74) is 8.23. The molecule has 1 aromatic heterocycles. The molecule has 0 aliphatic rings. The van der Waals surface area contributed by atoms with E-state index in [1.807, 2.05) is 19.1 Å². The molecule has 1 heterocycles. The molecule has 2 N–H and O–H groups in total. The number of alkyl halides is 1. The van der Waals surface area contributed by atoms with Crippen LogP contribution in [0.3, 0.4) is 0 Å². The second kappa shape index (κ2) is 6.72. The van der Waals surface area contributed by atoms with Gasteiger partial charge in [0.05, 0.1) is 17.6 Å². The number of imidazole rings is 1. The summed E-state index contributed by atoms with van der Waals surface area (Å²) in [5, 5.41) is 0. The number of halogens is 1. The lowest BCUT2D eigenvalue weighted by atomic mass is 10.2. The van der Waals surface area contributed by atoms with Gasteiger partial charge in [0.1, 0.15) is 12.4 Å². The second-order valence-corrected chi connectivity index (χ2v) is 5.01. The highest BCUT2D eigenvalue weighted by Crippen LogP contribution is 2.18. The van der Waals surface area contributed by atoms with Gasteiger partial charge in [0.2, 0.25) is 5.91 Å². The number of fused-ring (bicyclic) bond motifs is 1. The molecule has 0 fully saturated rings. The molecule has 0 unspecified atom stereocenters. The SMILES string of the molecule is Cc1ccc2nc(CCCl)n(CCOCC(N)=O)c2c1. The third-order valence-corrected chi connectivity index (χ3v) is 3.19. The van der Waals surface area contributed by atoms with Gasteiger partial charge in [-0.05, 0) is 24.6 Å².